The van der Waals surface area contributed by atoms with Crippen molar-refractivity contribution in [3.05, 3.63) is 98.3 Å². The Hall–Kier alpha value is -4.15. The molecule has 0 bridgehead atoms. The second-order valence-corrected chi connectivity index (χ2v) is 9.83. The Balaban J connectivity index is 1.60. The van der Waals surface area contributed by atoms with Crippen molar-refractivity contribution < 1.29 is 18.4 Å². The van der Waals surface area contributed by atoms with Crippen molar-refractivity contribution in [3.8, 4) is 0 Å². The predicted octanol–water partition coefficient (Wildman–Crippen LogP) is 2.53. The van der Waals surface area contributed by atoms with Crippen LogP contribution in [0.15, 0.2) is 64.3 Å². The molecule has 2 amide bonds. The molecule has 0 aliphatic carbocycles. The zero-order valence-corrected chi connectivity index (χ0v) is 22.0. The summed E-state index contributed by atoms with van der Waals surface area (Å²) in [6.07, 6.45) is -0.461. The molecular weight excluding hydrogens is 508 g/mol. The Labute approximate surface area is 224 Å². The highest BCUT2D eigenvalue weighted by Gasteiger charge is 2.40. The van der Waals surface area contributed by atoms with E-state index in [9.17, 15) is 28.0 Å². The van der Waals surface area contributed by atoms with E-state index in [-0.39, 0.29) is 31.1 Å². The van der Waals surface area contributed by atoms with Crippen molar-refractivity contribution in [1.29, 1.82) is 0 Å². The number of benzene rings is 1. The van der Waals surface area contributed by atoms with Crippen molar-refractivity contribution in [2.45, 2.75) is 64.5 Å². The normalized spacial score (nSPS) is 17.8. The minimum Gasteiger partial charge on any atom is -0.342 e. The van der Waals surface area contributed by atoms with Gasteiger partial charge < -0.3 is 10.2 Å². The number of nitrogens with one attached hydrogen (secondary N) is 1. The van der Waals surface area contributed by atoms with E-state index in [2.05, 4.69) is 10.3 Å². The summed E-state index contributed by atoms with van der Waals surface area (Å²) < 4.78 is 31.4. The number of alkyl halides is 1. The monoisotopic (exact) mass is 539 g/mol. The van der Waals surface area contributed by atoms with Gasteiger partial charge in [-0.2, -0.15) is 4.39 Å². The molecule has 1 aromatic carbocycles. The summed E-state index contributed by atoms with van der Waals surface area (Å²) in [5, 5.41) is 2.83. The third-order valence-corrected chi connectivity index (χ3v) is 6.87. The van der Waals surface area contributed by atoms with Gasteiger partial charge in [-0.25, -0.2) is 14.2 Å². The SMILES string of the molecule is CCn1c(=O)ccn(CC(=O)N2CC(F)CC2C(=O)NC(c2ccccc2)c2ccc(C(C)C)c(F)n2)c1=O. The van der Waals surface area contributed by atoms with E-state index in [1.807, 2.05) is 13.8 Å². The fraction of sp³-hybridized carbons (Fsp3) is 0.393. The molecule has 1 N–H and O–H groups in total. The molecule has 0 radical (unpaired) electrons. The van der Waals surface area contributed by atoms with Crippen LogP contribution in [0.3, 0.4) is 0 Å². The van der Waals surface area contributed by atoms with Crippen LogP contribution < -0.4 is 16.6 Å². The summed E-state index contributed by atoms with van der Waals surface area (Å²) >= 11 is 0. The largest absolute Gasteiger partial charge is 0.342 e. The van der Waals surface area contributed by atoms with Gasteiger partial charge in [0.2, 0.25) is 17.8 Å². The Kier molecular flexibility index (Phi) is 8.37. The number of hydrogen-bond acceptors (Lipinski definition) is 5. The van der Waals surface area contributed by atoms with Crippen LogP contribution in [0.4, 0.5) is 8.78 Å². The molecule has 39 heavy (non-hydrogen) atoms. The minimum atomic E-state index is -1.44. The number of carbonyl (C=O) groups excluding carboxylic acids is 2. The van der Waals surface area contributed by atoms with Gasteiger partial charge in [-0.1, -0.05) is 50.2 Å². The van der Waals surface area contributed by atoms with Crippen molar-refractivity contribution in [1.82, 2.24) is 24.3 Å². The van der Waals surface area contributed by atoms with Gasteiger partial charge in [0.15, 0.2) is 0 Å². The predicted molar refractivity (Wildman–Crippen MR) is 140 cm³/mol. The van der Waals surface area contributed by atoms with Gasteiger partial charge in [0.1, 0.15) is 18.8 Å². The molecule has 1 aliphatic rings. The second kappa shape index (κ2) is 11.7. The number of rotatable bonds is 8. The number of amides is 2. The van der Waals surface area contributed by atoms with Crippen LogP contribution >= 0.6 is 0 Å². The average molecular weight is 540 g/mol. The third-order valence-electron chi connectivity index (χ3n) is 6.87. The molecular formula is C28H31F2N5O4. The van der Waals surface area contributed by atoms with Crippen molar-refractivity contribution in [2.75, 3.05) is 6.54 Å². The molecule has 2 aromatic heterocycles. The van der Waals surface area contributed by atoms with E-state index in [1.54, 1.807) is 49.4 Å². The first-order valence-corrected chi connectivity index (χ1v) is 12.9. The third kappa shape index (κ3) is 5.97. The average Bonchev–Trinajstić information content (AvgIpc) is 3.31. The molecule has 3 heterocycles. The van der Waals surface area contributed by atoms with E-state index in [1.165, 1.54) is 12.3 Å². The van der Waals surface area contributed by atoms with Crippen molar-refractivity contribution >= 4 is 11.8 Å². The minimum absolute atomic E-state index is 0.0833. The molecule has 0 saturated carbocycles. The van der Waals surface area contributed by atoms with Crippen molar-refractivity contribution in [2.24, 2.45) is 0 Å². The summed E-state index contributed by atoms with van der Waals surface area (Å²) in [6, 6.07) is 11.3. The van der Waals surface area contributed by atoms with Gasteiger partial charge in [-0.3, -0.25) is 23.5 Å². The molecule has 9 nitrogen and oxygen atoms in total. The van der Waals surface area contributed by atoms with E-state index < -0.39 is 53.8 Å². The first-order valence-electron chi connectivity index (χ1n) is 12.9. The summed E-state index contributed by atoms with van der Waals surface area (Å²) in [5.74, 6) is -1.99. The summed E-state index contributed by atoms with van der Waals surface area (Å²) in [6.45, 7) is 4.68. The molecule has 3 unspecified atom stereocenters. The second-order valence-electron chi connectivity index (χ2n) is 9.83. The summed E-state index contributed by atoms with van der Waals surface area (Å²) in [7, 11) is 0. The molecule has 3 aromatic rings. The number of likely N-dealkylation sites (tertiary alicyclic amines) is 1. The maximum Gasteiger partial charge on any atom is 0.331 e. The van der Waals surface area contributed by atoms with Gasteiger partial charge >= 0.3 is 5.69 Å². The van der Waals surface area contributed by atoms with Crippen LogP contribution in [0.2, 0.25) is 0 Å². The van der Waals surface area contributed by atoms with E-state index in [0.717, 1.165) is 14.0 Å². The lowest BCUT2D eigenvalue weighted by Gasteiger charge is -2.27. The fourth-order valence-electron chi connectivity index (χ4n) is 4.78. The molecule has 206 valence electrons. The quantitative estimate of drug-likeness (QED) is 0.443. The first-order chi connectivity index (χ1) is 18.6. The van der Waals surface area contributed by atoms with Gasteiger partial charge in [-0.15, -0.1) is 0 Å². The number of carbonyl (C=O) groups is 2. The zero-order chi connectivity index (χ0) is 28.3. The summed E-state index contributed by atoms with van der Waals surface area (Å²) in [5.41, 5.74) is 0.173. The molecule has 1 aliphatic heterocycles. The molecule has 11 heteroatoms. The molecule has 4 rings (SSSR count). The summed E-state index contributed by atoms with van der Waals surface area (Å²) in [4.78, 5) is 56.3. The molecule has 1 saturated heterocycles. The van der Waals surface area contributed by atoms with E-state index >= 15 is 0 Å². The highest BCUT2D eigenvalue weighted by Crippen LogP contribution is 2.26. The van der Waals surface area contributed by atoms with Crippen LogP contribution in [0, 0.1) is 5.95 Å². The van der Waals surface area contributed by atoms with Crippen molar-refractivity contribution in [3.63, 3.8) is 0 Å². The Morgan fingerprint density at radius 3 is 2.46 bits per heavy atom. The molecule has 0 spiro atoms. The van der Waals surface area contributed by atoms with Gasteiger partial charge in [0.25, 0.3) is 5.56 Å². The number of hydrogen-bond donors (Lipinski definition) is 1. The Morgan fingerprint density at radius 1 is 1.10 bits per heavy atom. The first kappa shape index (κ1) is 27.9. The fourth-order valence-corrected chi connectivity index (χ4v) is 4.78. The highest BCUT2D eigenvalue weighted by molar-refractivity contribution is 5.88. The van der Waals surface area contributed by atoms with Gasteiger partial charge in [-0.05, 0) is 24.5 Å². The molecule has 1 fully saturated rings. The van der Waals surface area contributed by atoms with Crippen LogP contribution in [-0.4, -0.2) is 49.6 Å². The van der Waals surface area contributed by atoms with Gasteiger partial charge in [0.05, 0.1) is 18.3 Å². The number of nitrogens with zero attached hydrogens (tertiary/aromatic N) is 4. The van der Waals surface area contributed by atoms with E-state index in [4.69, 9.17) is 0 Å². The maximum absolute atomic E-state index is 14.8. The van der Waals surface area contributed by atoms with E-state index in [0.29, 0.717) is 11.1 Å². The Bertz CT molecular complexity index is 1470. The number of pyridine rings is 1. The number of halogens is 2. The lowest BCUT2D eigenvalue weighted by molar-refractivity contribution is -0.139. The zero-order valence-electron chi connectivity index (χ0n) is 22.0. The van der Waals surface area contributed by atoms with Gasteiger partial charge in [0, 0.05) is 30.8 Å². The molecule has 3 atom stereocenters. The standard InChI is InChI=1S/C28H31F2N5O4/c1-4-34-23(36)12-13-33(28(34)39)16-24(37)35-15-19(29)14-22(35)27(38)32-25(18-8-6-5-7-9-18)21-11-10-20(17(2)3)26(30)31-21/h5-13,17,19,22,25H,4,14-16H2,1-3H3,(H,32,38). The maximum atomic E-state index is 14.8. The van der Waals surface area contributed by atoms with Crippen LogP contribution in [-0.2, 0) is 22.7 Å². The number of aromatic nitrogens is 3. The highest BCUT2D eigenvalue weighted by atomic mass is 19.1. The topological polar surface area (TPSA) is 106 Å². The lowest BCUT2D eigenvalue weighted by atomic mass is 9.99. The lowest BCUT2D eigenvalue weighted by Crippen LogP contribution is -2.49. The van der Waals surface area contributed by atoms with Crippen LogP contribution in [0.5, 0.6) is 0 Å². The Morgan fingerprint density at radius 2 is 1.82 bits per heavy atom. The smallest absolute Gasteiger partial charge is 0.331 e. The van der Waals surface area contributed by atoms with Crippen LogP contribution in [0.1, 0.15) is 56.0 Å². The van der Waals surface area contributed by atoms with Crippen LogP contribution in [0.25, 0.3) is 0 Å².